The van der Waals surface area contributed by atoms with Crippen LogP contribution in [0, 0.1) is 13.8 Å². The van der Waals surface area contributed by atoms with Gasteiger partial charge in [0, 0.05) is 11.4 Å². The first-order chi connectivity index (χ1) is 13.0. The minimum Gasteiger partial charge on any atom is -0.484 e. The Morgan fingerprint density at radius 1 is 0.926 bits per heavy atom. The van der Waals surface area contributed by atoms with Gasteiger partial charge in [0.25, 0.3) is 11.8 Å². The van der Waals surface area contributed by atoms with Gasteiger partial charge in [0.1, 0.15) is 5.75 Å². The molecule has 27 heavy (non-hydrogen) atoms. The van der Waals surface area contributed by atoms with Gasteiger partial charge >= 0.3 is 0 Å². The molecule has 2 aromatic carbocycles. The number of nitrogens with one attached hydrogen (secondary N) is 2. The molecule has 0 radical (unpaired) electrons. The summed E-state index contributed by atoms with van der Waals surface area (Å²) in [4.78, 5) is 24.9. The van der Waals surface area contributed by atoms with E-state index in [1.807, 2.05) is 43.5 Å². The van der Waals surface area contributed by atoms with Crippen LogP contribution in [0.4, 0.5) is 11.4 Å². The summed E-state index contributed by atoms with van der Waals surface area (Å²) in [6.07, 6.45) is 0. The lowest BCUT2D eigenvalue weighted by Crippen LogP contribution is -2.20. The van der Waals surface area contributed by atoms with Crippen LogP contribution >= 0.6 is 11.3 Å². The molecule has 5 nitrogen and oxygen atoms in total. The second-order valence-electron chi connectivity index (χ2n) is 6.17. The van der Waals surface area contributed by atoms with E-state index in [0.717, 1.165) is 11.1 Å². The van der Waals surface area contributed by atoms with Crippen molar-refractivity contribution in [3.8, 4) is 5.75 Å². The van der Waals surface area contributed by atoms with Crippen molar-refractivity contribution in [2.24, 2.45) is 0 Å². The van der Waals surface area contributed by atoms with E-state index in [1.54, 1.807) is 30.3 Å². The van der Waals surface area contributed by atoms with Crippen LogP contribution < -0.4 is 15.4 Å². The van der Waals surface area contributed by atoms with E-state index >= 15 is 0 Å². The average Bonchev–Trinajstić information content (AvgIpc) is 3.14. The van der Waals surface area contributed by atoms with E-state index in [-0.39, 0.29) is 18.4 Å². The third-order valence-corrected chi connectivity index (χ3v) is 4.58. The van der Waals surface area contributed by atoms with Gasteiger partial charge < -0.3 is 15.4 Å². The van der Waals surface area contributed by atoms with Crippen LogP contribution in [0.3, 0.4) is 0 Å². The van der Waals surface area contributed by atoms with Crippen molar-refractivity contribution in [1.29, 1.82) is 0 Å². The highest BCUT2D eigenvalue weighted by Crippen LogP contribution is 2.18. The summed E-state index contributed by atoms with van der Waals surface area (Å²) in [5.41, 5.74) is 3.37. The molecule has 0 bridgehead atoms. The average molecular weight is 380 g/mol. The zero-order valence-electron chi connectivity index (χ0n) is 15.1. The quantitative estimate of drug-likeness (QED) is 0.655. The minimum atomic E-state index is -0.268. The highest BCUT2D eigenvalue weighted by Gasteiger charge is 2.09. The molecule has 2 amide bonds. The van der Waals surface area contributed by atoms with Crippen molar-refractivity contribution >= 4 is 34.5 Å². The highest BCUT2D eigenvalue weighted by atomic mass is 32.1. The summed E-state index contributed by atoms with van der Waals surface area (Å²) in [6.45, 7) is 3.88. The summed E-state index contributed by atoms with van der Waals surface area (Å²) in [5.74, 6) is 0.224. The smallest absolute Gasteiger partial charge is 0.265 e. The molecule has 0 atom stereocenters. The van der Waals surface area contributed by atoms with Crippen LogP contribution in [0.25, 0.3) is 0 Å². The van der Waals surface area contributed by atoms with Gasteiger partial charge in [0.2, 0.25) is 0 Å². The van der Waals surface area contributed by atoms with Gasteiger partial charge in [-0.1, -0.05) is 18.2 Å². The van der Waals surface area contributed by atoms with Gasteiger partial charge in [0.15, 0.2) is 6.61 Å². The van der Waals surface area contributed by atoms with Gasteiger partial charge in [0.05, 0.1) is 4.88 Å². The monoisotopic (exact) mass is 380 g/mol. The molecule has 0 saturated heterocycles. The second kappa shape index (κ2) is 8.51. The lowest BCUT2D eigenvalue weighted by molar-refractivity contribution is -0.118. The van der Waals surface area contributed by atoms with Crippen molar-refractivity contribution in [2.75, 3.05) is 17.2 Å². The van der Waals surface area contributed by atoms with Gasteiger partial charge in [-0.05, 0) is 66.8 Å². The number of rotatable bonds is 6. The Kier molecular flexibility index (Phi) is 5.88. The molecule has 0 unspecified atom stereocenters. The van der Waals surface area contributed by atoms with E-state index in [2.05, 4.69) is 10.6 Å². The molecule has 0 fully saturated rings. The van der Waals surface area contributed by atoms with Crippen LogP contribution in [0.1, 0.15) is 20.8 Å². The lowest BCUT2D eigenvalue weighted by atomic mass is 10.1. The molecular formula is C21H20N2O3S. The van der Waals surface area contributed by atoms with Crippen molar-refractivity contribution in [2.45, 2.75) is 13.8 Å². The Hall–Kier alpha value is -3.12. The summed E-state index contributed by atoms with van der Waals surface area (Å²) in [7, 11) is 0. The first-order valence-electron chi connectivity index (χ1n) is 8.45. The summed E-state index contributed by atoms with van der Waals surface area (Å²) < 4.78 is 5.57. The summed E-state index contributed by atoms with van der Waals surface area (Å²) in [6, 6.07) is 16.4. The molecule has 0 saturated carbocycles. The Bertz CT molecular complexity index is 932. The minimum absolute atomic E-state index is 0.0886. The highest BCUT2D eigenvalue weighted by molar-refractivity contribution is 7.12. The molecule has 6 heteroatoms. The zero-order chi connectivity index (χ0) is 19.2. The predicted molar refractivity (Wildman–Crippen MR) is 109 cm³/mol. The molecule has 3 aromatic rings. The number of thiophene rings is 1. The van der Waals surface area contributed by atoms with E-state index in [0.29, 0.717) is 22.0 Å². The van der Waals surface area contributed by atoms with Crippen molar-refractivity contribution < 1.29 is 14.3 Å². The topological polar surface area (TPSA) is 67.4 Å². The predicted octanol–water partition coefficient (Wildman–Crippen LogP) is 4.63. The van der Waals surface area contributed by atoms with Crippen LogP contribution in [0.2, 0.25) is 0 Å². The van der Waals surface area contributed by atoms with Crippen molar-refractivity contribution in [3.63, 3.8) is 0 Å². The third kappa shape index (κ3) is 5.43. The number of anilines is 2. The zero-order valence-corrected chi connectivity index (χ0v) is 15.9. The largest absolute Gasteiger partial charge is 0.484 e. The Morgan fingerprint density at radius 3 is 2.30 bits per heavy atom. The van der Waals surface area contributed by atoms with E-state index in [9.17, 15) is 9.59 Å². The molecule has 138 valence electrons. The second-order valence-corrected chi connectivity index (χ2v) is 7.12. The molecule has 2 N–H and O–H groups in total. The number of ether oxygens (including phenoxy) is 1. The van der Waals surface area contributed by atoms with Gasteiger partial charge in [-0.15, -0.1) is 11.3 Å². The van der Waals surface area contributed by atoms with Crippen LogP contribution in [-0.4, -0.2) is 18.4 Å². The Morgan fingerprint density at radius 2 is 1.63 bits per heavy atom. The van der Waals surface area contributed by atoms with Crippen LogP contribution in [0.15, 0.2) is 60.0 Å². The van der Waals surface area contributed by atoms with E-state index < -0.39 is 0 Å². The summed E-state index contributed by atoms with van der Waals surface area (Å²) >= 11 is 1.37. The molecule has 0 aliphatic rings. The fourth-order valence-electron chi connectivity index (χ4n) is 2.64. The number of aryl methyl sites for hydroxylation is 2. The Labute approximate surface area is 162 Å². The fraction of sp³-hybridized carbons (Fsp3) is 0.143. The number of carbonyl (C=O) groups is 2. The maximum Gasteiger partial charge on any atom is 0.265 e. The van der Waals surface area contributed by atoms with Crippen molar-refractivity contribution in [1.82, 2.24) is 0 Å². The normalized spacial score (nSPS) is 10.3. The number of benzene rings is 2. The molecule has 3 rings (SSSR count). The maximum atomic E-state index is 12.2. The summed E-state index contributed by atoms with van der Waals surface area (Å²) in [5, 5.41) is 7.44. The Balaban J connectivity index is 1.57. The molecule has 0 aliphatic carbocycles. The van der Waals surface area contributed by atoms with Crippen LogP contribution in [0.5, 0.6) is 5.75 Å². The van der Waals surface area contributed by atoms with E-state index in [1.165, 1.54) is 11.3 Å². The first kappa shape index (κ1) is 18.7. The molecule has 0 aliphatic heterocycles. The van der Waals surface area contributed by atoms with Crippen molar-refractivity contribution in [3.05, 3.63) is 76.0 Å². The third-order valence-electron chi connectivity index (χ3n) is 3.71. The first-order valence-corrected chi connectivity index (χ1v) is 9.33. The number of hydrogen-bond acceptors (Lipinski definition) is 4. The molecule has 0 spiro atoms. The molecular weight excluding hydrogens is 360 g/mol. The number of carbonyl (C=O) groups excluding carboxylic acids is 2. The fourth-order valence-corrected chi connectivity index (χ4v) is 3.26. The lowest BCUT2D eigenvalue weighted by Gasteiger charge is -2.10. The molecule has 1 aromatic heterocycles. The number of hydrogen-bond donors (Lipinski definition) is 2. The molecule has 1 heterocycles. The van der Waals surface area contributed by atoms with Gasteiger partial charge in [-0.2, -0.15) is 0 Å². The van der Waals surface area contributed by atoms with Gasteiger partial charge in [-0.25, -0.2) is 0 Å². The standard InChI is InChI=1S/C21H20N2O3S/c1-14-9-15(2)11-18(10-14)26-13-20(24)22-16-5-3-6-17(12-16)23-21(25)19-7-4-8-27-19/h3-12H,13H2,1-2H3,(H,22,24)(H,23,25). The van der Waals surface area contributed by atoms with Crippen LogP contribution in [-0.2, 0) is 4.79 Å². The SMILES string of the molecule is Cc1cc(C)cc(OCC(=O)Nc2cccc(NC(=O)c3cccs3)c2)c1. The maximum absolute atomic E-state index is 12.2. The number of amides is 2. The van der Waals surface area contributed by atoms with E-state index in [4.69, 9.17) is 4.74 Å². The van der Waals surface area contributed by atoms with Gasteiger partial charge in [-0.3, -0.25) is 9.59 Å².